The Morgan fingerprint density at radius 1 is 1.44 bits per heavy atom. The first-order valence-corrected chi connectivity index (χ1v) is 4.81. The fourth-order valence-electron chi connectivity index (χ4n) is 0.708. The number of allylic oxidation sites excluding steroid dienone is 1. The third-order valence-electron chi connectivity index (χ3n) is 1.36. The molecule has 0 heterocycles. The third kappa shape index (κ3) is 6.35. The maximum atomic E-state index is 2.30. The smallest absolute Gasteiger partial charge is 0.0245 e. The van der Waals surface area contributed by atoms with E-state index in [1.54, 1.807) is 0 Å². The van der Waals surface area contributed by atoms with Gasteiger partial charge in [-0.1, -0.05) is 47.9 Å². The minimum Gasteiger partial charge on any atom is -0.0673 e. The zero-order chi connectivity index (χ0) is 7.11. The van der Waals surface area contributed by atoms with Crippen LogP contribution in [-0.4, -0.2) is 0 Å². The summed E-state index contributed by atoms with van der Waals surface area (Å²) in [5.74, 6) is 0. The highest BCUT2D eigenvalue weighted by Crippen LogP contribution is 2.09. The normalized spacial score (nSPS) is 12.1. The molecule has 0 aliphatic heterocycles. The summed E-state index contributed by atoms with van der Waals surface area (Å²) < 4.78 is 2.17. The average Bonchev–Trinajstić information content (AvgIpc) is 1.89. The standard InChI is InChI=1S/C8H15I/c1-3-4-5-6-8(2)7-9/h7H,3-6H2,1-2H3/b8-7+. The van der Waals surface area contributed by atoms with Gasteiger partial charge >= 0.3 is 0 Å². The number of rotatable bonds is 4. The van der Waals surface area contributed by atoms with Gasteiger partial charge in [-0.2, -0.15) is 0 Å². The molecule has 0 nitrogen and oxygen atoms in total. The maximum absolute atomic E-state index is 2.30. The Labute approximate surface area is 71.9 Å². The largest absolute Gasteiger partial charge is 0.0673 e. The molecule has 0 bridgehead atoms. The van der Waals surface area contributed by atoms with E-state index in [2.05, 4.69) is 40.5 Å². The summed E-state index contributed by atoms with van der Waals surface area (Å²) in [5, 5.41) is 0. The van der Waals surface area contributed by atoms with Crippen molar-refractivity contribution in [1.29, 1.82) is 0 Å². The number of hydrogen-bond donors (Lipinski definition) is 0. The number of unbranched alkanes of at least 4 members (excludes halogenated alkanes) is 2. The van der Waals surface area contributed by atoms with Crippen LogP contribution in [0.4, 0.5) is 0 Å². The minimum atomic E-state index is 1.29. The predicted molar refractivity (Wildman–Crippen MR) is 51.9 cm³/mol. The van der Waals surface area contributed by atoms with E-state index in [1.165, 1.54) is 31.3 Å². The van der Waals surface area contributed by atoms with Crippen molar-refractivity contribution < 1.29 is 0 Å². The zero-order valence-corrected chi connectivity index (χ0v) is 8.44. The summed E-state index contributed by atoms with van der Waals surface area (Å²) >= 11 is 2.30. The Morgan fingerprint density at radius 3 is 2.56 bits per heavy atom. The maximum Gasteiger partial charge on any atom is -0.0245 e. The average molecular weight is 238 g/mol. The molecular weight excluding hydrogens is 223 g/mol. The van der Waals surface area contributed by atoms with E-state index in [4.69, 9.17) is 0 Å². The summed E-state index contributed by atoms with van der Waals surface area (Å²) in [4.78, 5) is 0. The Hall–Kier alpha value is 0.470. The van der Waals surface area contributed by atoms with E-state index in [9.17, 15) is 0 Å². The van der Waals surface area contributed by atoms with Crippen LogP contribution < -0.4 is 0 Å². The molecule has 0 aromatic carbocycles. The van der Waals surface area contributed by atoms with Crippen molar-refractivity contribution in [1.82, 2.24) is 0 Å². The molecule has 0 spiro atoms. The molecule has 0 radical (unpaired) electrons. The Morgan fingerprint density at radius 2 is 2.11 bits per heavy atom. The summed E-state index contributed by atoms with van der Waals surface area (Å²) in [6.45, 7) is 4.44. The lowest BCUT2D eigenvalue weighted by molar-refractivity contribution is 0.714. The Kier molecular flexibility index (Phi) is 6.93. The molecule has 0 aromatic rings. The summed E-state index contributed by atoms with van der Waals surface area (Å²) in [6.07, 6.45) is 5.36. The molecule has 0 aliphatic carbocycles. The van der Waals surface area contributed by atoms with Crippen molar-refractivity contribution in [2.45, 2.75) is 39.5 Å². The summed E-state index contributed by atoms with van der Waals surface area (Å²) in [5.41, 5.74) is 1.52. The van der Waals surface area contributed by atoms with Crippen molar-refractivity contribution >= 4 is 22.6 Å². The van der Waals surface area contributed by atoms with Crippen LogP contribution in [-0.2, 0) is 0 Å². The van der Waals surface area contributed by atoms with Gasteiger partial charge in [0.2, 0.25) is 0 Å². The quantitative estimate of drug-likeness (QED) is 0.514. The molecule has 0 aromatic heterocycles. The molecule has 9 heavy (non-hydrogen) atoms. The second-order valence-corrected chi connectivity index (χ2v) is 3.04. The molecule has 0 amide bonds. The van der Waals surface area contributed by atoms with Crippen LogP contribution >= 0.6 is 22.6 Å². The van der Waals surface area contributed by atoms with Crippen LogP contribution in [0.1, 0.15) is 39.5 Å². The fourth-order valence-corrected chi connectivity index (χ4v) is 1.02. The lowest BCUT2D eigenvalue weighted by Crippen LogP contribution is -1.75. The van der Waals surface area contributed by atoms with E-state index in [0.717, 1.165) is 0 Å². The molecule has 0 unspecified atom stereocenters. The van der Waals surface area contributed by atoms with E-state index >= 15 is 0 Å². The zero-order valence-electron chi connectivity index (χ0n) is 6.28. The highest BCUT2D eigenvalue weighted by molar-refractivity contribution is 14.1. The third-order valence-corrected chi connectivity index (χ3v) is 2.42. The number of hydrogen-bond acceptors (Lipinski definition) is 0. The summed E-state index contributed by atoms with van der Waals surface area (Å²) in [7, 11) is 0. The van der Waals surface area contributed by atoms with Gasteiger partial charge in [0.15, 0.2) is 0 Å². The topological polar surface area (TPSA) is 0 Å². The fraction of sp³-hybridized carbons (Fsp3) is 0.750. The Balaban J connectivity index is 3.07. The van der Waals surface area contributed by atoms with Crippen molar-refractivity contribution in [3.05, 3.63) is 9.66 Å². The highest BCUT2D eigenvalue weighted by Gasteiger charge is 1.87. The molecule has 0 saturated carbocycles. The van der Waals surface area contributed by atoms with E-state index < -0.39 is 0 Å². The first-order chi connectivity index (χ1) is 4.31. The van der Waals surface area contributed by atoms with Gasteiger partial charge in [0.1, 0.15) is 0 Å². The van der Waals surface area contributed by atoms with E-state index in [1.807, 2.05) is 0 Å². The molecule has 0 N–H and O–H groups in total. The van der Waals surface area contributed by atoms with Crippen LogP contribution in [0.3, 0.4) is 0 Å². The van der Waals surface area contributed by atoms with Gasteiger partial charge in [-0.05, 0) is 23.8 Å². The predicted octanol–water partition coefficient (Wildman–Crippen LogP) is 3.91. The van der Waals surface area contributed by atoms with Crippen molar-refractivity contribution in [3.8, 4) is 0 Å². The van der Waals surface area contributed by atoms with Gasteiger partial charge in [-0.25, -0.2) is 0 Å². The molecule has 0 aliphatic rings. The molecule has 0 atom stereocenters. The Bertz CT molecular complexity index is 84.6. The van der Waals surface area contributed by atoms with Crippen LogP contribution in [0.15, 0.2) is 9.66 Å². The van der Waals surface area contributed by atoms with Crippen LogP contribution in [0.25, 0.3) is 0 Å². The molecule has 0 rings (SSSR count). The lowest BCUT2D eigenvalue weighted by Gasteiger charge is -1.96. The van der Waals surface area contributed by atoms with Gasteiger partial charge in [0, 0.05) is 0 Å². The molecule has 0 saturated heterocycles. The second-order valence-electron chi connectivity index (χ2n) is 2.41. The number of halogens is 1. The van der Waals surface area contributed by atoms with E-state index in [0.29, 0.717) is 0 Å². The monoisotopic (exact) mass is 238 g/mol. The molecule has 54 valence electrons. The molecule has 1 heteroatoms. The van der Waals surface area contributed by atoms with Gasteiger partial charge in [-0.3, -0.25) is 0 Å². The summed E-state index contributed by atoms with van der Waals surface area (Å²) in [6, 6.07) is 0. The van der Waals surface area contributed by atoms with Crippen LogP contribution in [0.2, 0.25) is 0 Å². The highest BCUT2D eigenvalue weighted by atomic mass is 127. The van der Waals surface area contributed by atoms with Gasteiger partial charge in [-0.15, -0.1) is 0 Å². The van der Waals surface area contributed by atoms with E-state index in [-0.39, 0.29) is 0 Å². The van der Waals surface area contributed by atoms with Gasteiger partial charge < -0.3 is 0 Å². The SMILES string of the molecule is CCCCC/C(C)=C/I. The lowest BCUT2D eigenvalue weighted by atomic mass is 10.1. The minimum absolute atomic E-state index is 1.29. The van der Waals surface area contributed by atoms with Gasteiger partial charge in [0.05, 0.1) is 0 Å². The first kappa shape index (κ1) is 9.47. The first-order valence-electron chi connectivity index (χ1n) is 3.57. The second kappa shape index (κ2) is 6.59. The molecule has 0 fully saturated rings. The molecular formula is C8H15I. The van der Waals surface area contributed by atoms with Crippen molar-refractivity contribution in [3.63, 3.8) is 0 Å². The van der Waals surface area contributed by atoms with Crippen molar-refractivity contribution in [2.24, 2.45) is 0 Å². The van der Waals surface area contributed by atoms with Gasteiger partial charge in [0.25, 0.3) is 0 Å². The van der Waals surface area contributed by atoms with Crippen LogP contribution in [0.5, 0.6) is 0 Å². The van der Waals surface area contributed by atoms with Crippen molar-refractivity contribution in [2.75, 3.05) is 0 Å². The van der Waals surface area contributed by atoms with Crippen LogP contribution in [0, 0.1) is 0 Å².